The van der Waals surface area contributed by atoms with Gasteiger partial charge >= 0.3 is 6.03 Å². The molecule has 1 aliphatic heterocycles. The molecule has 0 unspecified atom stereocenters. The van der Waals surface area contributed by atoms with Gasteiger partial charge < -0.3 is 15.5 Å². The molecule has 156 valence electrons. The number of carbonyl (C=O) groups is 2. The number of urea groups is 1. The van der Waals surface area contributed by atoms with Gasteiger partial charge in [0.1, 0.15) is 0 Å². The van der Waals surface area contributed by atoms with Crippen LogP contribution in [0.5, 0.6) is 0 Å². The van der Waals surface area contributed by atoms with Gasteiger partial charge in [0.25, 0.3) is 0 Å². The Balaban J connectivity index is 1.21. The van der Waals surface area contributed by atoms with Crippen LogP contribution in [0.3, 0.4) is 0 Å². The second-order valence-electron chi connectivity index (χ2n) is 8.03. The normalized spacial score (nSPS) is 18.3. The molecule has 2 N–H and O–H groups in total. The number of carbonyl (C=O) groups excluding carboxylic acids is 2. The molecular formula is C21H27ClN4O2S. The molecule has 2 fully saturated rings. The minimum atomic E-state index is -0.242. The molecule has 2 aromatic rings. The lowest BCUT2D eigenvalue weighted by Gasteiger charge is -2.31. The van der Waals surface area contributed by atoms with Gasteiger partial charge in [-0.05, 0) is 49.8 Å². The minimum Gasteiger partial charge on any atom is -0.341 e. The van der Waals surface area contributed by atoms with Gasteiger partial charge in [-0.15, -0.1) is 11.3 Å². The molecule has 29 heavy (non-hydrogen) atoms. The Morgan fingerprint density at radius 1 is 1.14 bits per heavy atom. The molecule has 0 atom stereocenters. The van der Waals surface area contributed by atoms with E-state index in [-0.39, 0.29) is 18.5 Å². The number of rotatable bonds is 5. The molecule has 0 radical (unpaired) electrons. The average Bonchev–Trinajstić information content (AvgIpc) is 3.40. The van der Waals surface area contributed by atoms with E-state index in [4.69, 9.17) is 16.6 Å². The molecule has 2 aliphatic rings. The molecule has 2 heterocycles. The van der Waals surface area contributed by atoms with Gasteiger partial charge in [-0.25, -0.2) is 9.78 Å². The van der Waals surface area contributed by atoms with Crippen LogP contribution in [-0.2, 0) is 4.79 Å². The Bertz CT molecular complexity index is 873. The Hall–Kier alpha value is -1.86. The van der Waals surface area contributed by atoms with E-state index in [2.05, 4.69) is 10.6 Å². The van der Waals surface area contributed by atoms with Gasteiger partial charge in [0.05, 0.1) is 21.8 Å². The van der Waals surface area contributed by atoms with Crippen molar-refractivity contribution < 1.29 is 9.59 Å². The monoisotopic (exact) mass is 434 g/mol. The maximum absolute atomic E-state index is 12.4. The fourth-order valence-electron chi connectivity index (χ4n) is 4.25. The summed E-state index contributed by atoms with van der Waals surface area (Å²) in [5, 5.41) is 7.42. The number of benzene rings is 1. The van der Waals surface area contributed by atoms with E-state index >= 15 is 0 Å². The van der Waals surface area contributed by atoms with Gasteiger partial charge in [-0.3, -0.25) is 4.79 Å². The summed E-state index contributed by atoms with van der Waals surface area (Å²) in [6, 6.07) is 5.57. The Labute approximate surface area is 180 Å². The van der Waals surface area contributed by atoms with Crippen LogP contribution in [-0.4, -0.2) is 48.0 Å². The predicted octanol–water partition coefficient (Wildman–Crippen LogP) is 4.15. The quantitative estimate of drug-likeness (QED) is 0.742. The third kappa shape index (κ3) is 5.20. The van der Waals surface area contributed by atoms with E-state index in [1.54, 1.807) is 11.3 Å². The lowest BCUT2D eigenvalue weighted by molar-refractivity contribution is -0.131. The number of hydrogen-bond acceptors (Lipinski definition) is 4. The number of nitrogens with one attached hydrogen (secondary N) is 2. The topological polar surface area (TPSA) is 74.3 Å². The molecule has 0 bridgehead atoms. The molecular weight excluding hydrogens is 408 g/mol. The van der Waals surface area contributed by atoms with Crippen LogP contribution in [0.15, 0.2) is 18.2 Å². The Morgan fingerprint density at radius 2 is 1.90 bits per heavy atom. The Morgan fingerprint density at radius 3 is 2.66 bits per heavy atom. The van der Waals surface area contributed by atoms with Gasteiger partial charge in [-0.2, -0.15) is 0 Å². The van der Waals surface area contributed by atoms with Gasteiger partial charge in [0, 0.05) is 30.6 Å². The first kappa shape index (κ1) is 20.4. The summed E-state index contributed by atoms with van der Waals surface area (Å²) in [6.07, 6.45) is 6.69. The fraction of sp³-hybridized carbons (Fsp3) is 0.571. The smallest absolute Gasteiger partial charge is 0.315 e. The van der Waals surface area contributed by atoms with Crippen LogP contribution in [0.25, 0.3) is 10.2 Å². The largest absolute Gasteiger partial charge is 0.341 e. The third-order valence-electron chi connectivity index (χ3n) is 5.99. The van der Waals surface area contributed by atoms with E-state index in [0.29, 0.717) is 36.5 Å². The lowest BCUT2D eigenvalue weighted by atomic mass is 9.97. The molecule has 1 aromatic carbocycles. The first-order valence-corrected chi connectivity index (χ1v) is 11.6. The average molecular weight is 435 g/mol. The first-order valence-electron chi connectivity index (χ1n) is 10.4. The van der Waals surface area contributed by atoms with Crippen molar-refractivity contribution in [1.82, 2.24) is 20.5 Å². The van der Waals surface area contributed by atoms with Crippen LogP contribution in [0.1, 0.15) is 49.5 Å². The molecule has 1 saturated carbocycles. The maximum atomic E-state index is 12.4. The number of nitrogens with zero attached hydrogens (tertiary/aromatic N) is 2. The number of fused-ring (bicyclic) bond motifs is 1. The highest BCUT2D eigenvalue weighted by Gasteiger charge is 2.26. The number of amides is 3. The molecule has 1 aromatic heterocycles. The standard InChI is InChI=1S/C21H27ClN4O2S/c22-16-5-6-18-17(11-16)25-20(29-18)15-7-9-26(10-8-15)19(27)13-24-21(28)23-12-14-3-1-2-4-14/h5-6,11,14-15H,1-4,7-10,12-13H2,(H2,23,24,28). The van der Waals surface area contributed by atoms with Gasteiger partial charge in [0.2, 0.25) is 5.91 Å². The third-order valence-corrected chi connectivity index (χ3v) is 7.42. The summed E-state index contributed by atoms with van der Waals surface area (Å²) >= 11 is 7.77. The van der Waals surface area contributed by atoms with Crippen molar-refractivity contribution in [3.8, 4) is 0 Å². The zero-order chi connectivity index (χ0) is 20.2. The minimum absolute atomic E-state index is 0.0180. The number of likely N-dealkylation sites (tertiary alicyclic amines) is 1. The van der Waals surface area contributed by atoms with E-state index in [1.807, 2.05) is 23.1 Å². The highest BCUT2D eigenvalue weighted by atomic mass is 35.5. The number of piperidine rings is 1. The van der Waals surface area contributed by atoms with Crippen LogP contribution in [0.2, 0.25) is 5.02 Å². The zero-order valence-electron chi connectivity index (χ0n) is 16.5. The number of halogens is 1. The van der Waals surface area contributed by atoms with Crippen molar-refractivity contribution in [3.63, 3.8) is 0 Å². The van der Waals surface area contributed by atoms with Crippen molar-refractivity contribution in [1.29, 1.82) is 0 Å². The van der Waals surface area contributed by atoms with E-state index in [9.17, 15) is 9.59 Å². The number of thiazole rings is 1. The van der Waals surface area contributed by atoms with Crippen LogP contribution in [0, 0.1) is 5.92 Å². The SMILES string of the molecule is O=C(NCC(=O)N1CCC(c2nc3cc(Cl)ccc3s2)CC1)NCC1CCCC1. The molecule has 6 nitrogen and oxygen atoms in total. The van der Waals surface area contributed by atoms with Crippen LogP contribution < -0.4 is 10.6 Å². The van der Waals surface area contributed by atoms with Gasteiger partial charge in [-0.1, -0.05) is 24.4 Å². The fourth-order valence-corrected chi connectivity index (χ4v) is 5.53. The maximum Gasteiger partial charge on any atom is 0.315 e. The Kier molecular flexibility index (Phi) is 6.55. The van der Waals surface area contributed by atoms with Gasteiger partial charge in [0.15, 0.2) is 0 Å². The van der Waals surface area contributed by atoms with E-state index in [1.165, 1.54) is 25.7 Å². The summed E-state index contributed by atoms with van der Waals surface area (Å²) in [5.41, 5.74) is 0.948. The lowest BCUT2D eigenvalue weighted by Crippen LogP contribution is -2.46. The number of hydrogen-bond donors (Lipinski definition) is 2. The van der Waals surface area contributed by atoms with Crippen LogP contribution in [0.4, 0.5) is 4.79 Å². The highest BCUT2D eigenvalue weighted by Crippen LogP contribution is 2.34. The van der Waals surface area contributed by atoms with Crippen molar-refractivity contribution in [2.24, 2.45) is 5.92 Å². The van der Waals surface area contributed by atoms with Crippen LogP contribution >= 0.6 is 22.9 Å². The molecule has 1 saturated heterocycles. The van der Waals surface area contributed by atoms with Crippen molar-refractivity contribution >= 4 is 45.1 Å². The summed E-state index contributed by atoms with van der Waals surface area (Å²) in [6.45, 7) is 2.16. The number of aromatic nitrogens is 1. The van der Waals surface area contributed by atoms with E-state index < -0.39 is 0 Å². The first-order chi connectivity index (χ1) is 14.1. The zero-order valence-corrected chi connectivity index (χ0v) is 18.0. The molecule has 3 amide bonds. The molecule has 0 spiro atoms. The van der Waals surface area contributed by atoms with Crippen molar-refractivity contribution in [3.05, 3.63) is 28.2 Å². The highest BCUT2D eigenvalue weighted by molar-refractivity contribution is 7.18. The second kappa shape index (κ2) is 9.30. The summed E-state index contributed by atoms with van der Waals surface area (Å²) in [7, 11) is 0. The second-order valence-corrected chi connectivity index (χ2v) is 9.53. The summed E-state index contributed by atoms with van der Waals surface area (Å²) < 4.78 is 1.15. The molecule has 8 heteroatoms. The summed E-state index contributed by atoms with van der Waals surface area (Å²) in [4.78, 5) is 31.0. The van der Waals surface area contributed by atoms with E-state index in [0.717, 1.165) is 28.1 Å². The van der Waals surface area contributed by atoms with Crippen molar-refractivity contribution in [2.45, 2.75) is 44.4 Å². The predicted molar refractivity (Wildman–Crippen MR) is 117 cm³/mol. The summed E-state index contributed by atoms with van der Waals surface area (Å²) in [5.74, 6) is 0.947. The molecule has 1 aliphatic carbocycles. The van der Waals surface area contributed by atoms with Crippen molar-refractivity contribution in [2.75, 3.05) is 26.2 Å². The molecule has 4 rings (SSSR count).